The van der Waals surface area contributed by atoms with Crippen molar-refractivity contribution in [1.82, 2.24) is 5.32 Å². The molecule has 0 heterocycles. The summed E-state index contributed by atoms with van der Waals surface area (Å²) < 4.78 is 13.2. The number of halogens is 2. The van der Waals surface area contributed by atoms with Crippen molar-refractivity contribution >= 4 is 11.6 Å². The van der Waals surface area contributed by atoms with Crippen LogP contribution in [0.2, 0.25) is 5.02 Å². The molecule has 0 bridgehead atoms. The summed E-state index contributed by atoms with van der Waals surface area (Å²) in [7, 11) is 0. The van der Waals surface area contributed by atoms with E-state index in [2.05, 4.69) is 33.0 Å². The molecule has 0 unspecified atom stereocenters. The lowest BCUT2D eigenvalue weighted by atomic mass is 9.52. The normalized spacial score (nSPS) is 20.4. The summed E-state index contributed by atoms with van der Waals surface area (Å²) in [6.07, 6.45) is 2.18. The highest BCUT2D eigenvalue weighted by Gasteiger charge is 2.50. The lowest BCUT2D eigenvalue weighted by Crippen LogP contribution is -2.53. The molecular weight excluding hydrogens is 261 g/mol. The Labute approximate surface area is 120 Å². The van der Waals surface area contributed by atoms with E-state index in [0.29, 0.717) is 16.5 Å². The zero-order chi connectivity index (χ0) is 14.3. The van der Waals surface area contributed by atoms with Crippen LogP contribution in [0.15, 0.2) is 18.2 Å². The monoisotopic (exact) mass is 283 g/mol. The van der Waals surface area contributed by atoms with Gasteiger partial charge in [0.25, 0.3) is 0 Å². The van der Waals surface area contributed by atoms with E-state index in [1.54, 1.807) is 0 Å². The fourth-order valence-corrected chi connectivity index (χ4v) is 3.88. The Morgan fingerprint density at radius 2 is 1.95 bits per heavy atom. The SMILES string of the molecule is CC(C)NCC1(c2ccc(F)cc2Cl)CC(C)(C)C1. The lowest BCUT2D eigenvalue weighted by molar-refractivity contribution is 0.0548. The summed E-state index contributed by atoms with van der Waals surface area (Å²) in [5.41, 5.74) is 1.48. The van der Waals surface area contributed by atoms with E-state index in [4.69, 9.17) is 11.6 Å². The number of hydrogen-bond donors (Lipinski definition) is 1. The first-order chi connectivity index (χ1) is 8.74. The summed E-state index contributed by atoms with van der Waals surface area (Å²) >= 11 is 6.27. The van der Waals surface area contributed by atoms with Crippen LogP contribution in [0.3, 0.4) is 0 Å². The van der Waals surface area contributed by atoms with Crippen LogP contribution in [0.5, 0.6) is 0 Å². The maximum absolute atomic E-state index is 13.2. The predicted octanol–water partition coefficient (Wildman–Crippen LogP) is 4.53. The molecule has 1 saturated carbocycles. The summed E-state index contributed by atoms with van der Waals surface area (Å²) in [6.45, 7) is 9.74. The molecule has 1 nitrogen and oxygen atoms in total. The number of nitrogens with one attached hydrogen (secondary N) is 1. The second kappa shape index (κ2) is 5.06. The minimum atomic E-state index is -0.265. The summed E-state index contributed by atoms with van der Waals surface area (Å²) in [5.74, 6) is -0.265. The minimum absolute atomic E-state index is 0.0541. The largest absolute Gasteiger partial charge is 0.314 e. The van der Waals surface area contributed by atoms with Crippen molar-refractivity contribution in [1.29, 1.82) is 0 Å². The Hall–Kier alpha value is -0.600. The molecular formula is C16H23ClFN. The van der Waals surface area contributed by atoms with Crippen LogP contribution in [-0.4, -0.2) is 12.6 Å². The Bertz CT molecular complexity index is 460. The van der Waals surface area contributed by atoms with Gasteiger partial charge in [-0.25, -0.2) is 4.39 Å². The van der Waals surface area contributed by atoms with Gasteiger partial charge in [-0.05, 0) is 36.0 Å². The fourth-order valence-electron chi connectivity index (χ4n) is 3.51. The van der Waals surface area contributed by atoms with Crippen molar-refractivity contribution in [3.05, 3.63) is 34.6 Å². The average molecular weight is 284 g/mol. The quantitative estimate of drug-likeness (QED) is 0.856. The Morgan fingerprint density at radius 1 is 1.32 bits per heavy atom. The molecule has 3 heteroatoms. The van der Waals surface area contributed by atoms with Crippen LogP contribution in [0.1, 0.15) is 46.1 Å². The molecule has 1 N–H and O–H groups in total. The zero-order valence-electron chi connectivity index (χ0n) is 12.2. The van der Waals surface area contributed by atoms with Crippen LogP contribution in [-0.2, 0) is 5.41 Å². The Morgan fingerprint density at radius 3 is 2.42 bits per heavy atom. The molecule has 0 atom stereocenters. The smallest absolute Gasteiger partial charge is 0.124 e. The van der Waals surface area contributed by atoms with E-state index in [9.17, 15) is 4.39 Å². The number of benzene rings is 1. The summed E-state index contributed by atoms with van der Waals surface area (Å²) in [4.78, 5) is 0. The molecule has 1 aromatic carbocycles. The van der Waals surface area contributed by atoms with Gasteiger partial charge in [0.15, 0.2) is 0 Å². The third-order valence-electron chi connectivity index (χ3n) is 3.99. The van der Waals surface area contributed by atoms with Gasteiger partial charge in [-0.15, -0.1) is 0 Å². The highest BCUT2D eigenvalue weighted by Crippen LogP contribution is 2.56. The molecule has 0 saturated heterocycles. The molecule has 1 aromatic rings. The molecule has 0 radical (unpaired) electrons. The molecule has 19 heavy (non-hydrogen) atoms. The maximum Gasteiger partial charge on any atom is 0.124 e. The van der Waals surface area contributed by atoms with E-state index < -0.39 is 0 Å². The molecule has 0 spiro atoms. The van der Waals surface area contributed by atoms with Crippen LogP contribution in [0.4, 0.5) is 4.39 Å². The van der Waals surface area contributed by atoms with E-state index in [-0.39, 0.29) is 11.2 Å². The Balaban J connectivity index is 2.28. The topological polar surface area (TPSA) is 12.0 Å². The number of hydrogen-bond acceptors (Lipinski definition) is 1. The molecule has 2 rings (SSSR count). The van der Waals surface area contributed by atoms with Crippen LogP contribution >= 0.6 is 11.6 Å². The van der Waals surface area contributed by atoms with Gasteiger partial charge in [-0.2, -0.15) is 0 Å². The maximum atomic E-state index is 13.2. The van der Waals surface area contributed by atoms with Crippen molar-refractivity contribution in [2.45, 2.75) is 52.0 Å². The van der Waals surface area contributed by atoms with Gasteiger partial charge in [0.05, 0.1) is 0 Å². The first-order valence-electron chi connectivity index (χ1n) is 6.93. The zero-order valence-corrected chi connectivity index (χ0v) is 12.9. The van der Waals surface area contributed by atoms with Gasteiger partial charge < -0.3 is 5.32 Å². The van der Waals surface area contributed by atoms with Crippen LogP contribution in [0, 0.1) is 11.2 Å². The molecule has 1 aliphatic carbocycles. The van der Waals surface area contributed by atoms with Gasteiger partial charge in [-0.1, -0.05) is 45.4 Å². The molecule has 0 aromatic heterocycles. The summed E-state index contributed by atoms with van der Waals surface area (Å²) in [6, 6.07) is 5.25. The lowest BCUT2D eigenvalue weighted by Gasteiger charge is -2.54. The molecule has 0 amide bonds. The standard InChI is InChI=1S/C16H23ClFN/c1-11(2)19-10-16(8-15(3,4)9-16)13-6-5-12(18)7-14(13)17/h5-7,11,19H,8-10H2,1-4H3. The van der Waals surface area contributed by atoms with Gasteiger partial charge in [0.1, 0.15) is 5.82 Å². The molecule has 0 aliphatic heterocycles. The first-order valence-corrected chi connectivity index (χ1v) is 7.31. The van der Waals surface area contributed by atoms with Crippen molar-refractivity contribution in [3.8, 4) is 0 Å². The van der Waals surface area contributed by atoms with Crippen molar-refractivity contribution in [3.63, 3.8) is 0 Å². The van der Waals surface area contributed by atoms with E-state index in [0.717, 1.165) is 24.9 Å². The van der Waals surface area contributed by atoms with Crippen LogP contribution in [0.25, 0.3) is 0 Å². The highest BCUT2D eigenvalue weighted by molar-refractivity contribution is 6.31. The molecule has 1 aliphatic rings. The second-order valence-electron chi connectivity index (χ2n) is 6.96. The minimum Gasteiger partial charge on any atom is -0.314 e. The fraction of sp³-hybridized carbons (Fsp3) is 0.625. The van der Waals surface area contributed by atoms with E-state index >= 15 is 0 Å². The van der Waals surface area contributed by atoms with Crippen LogP contribution < -0.4 is 5.32 Å². The molecule has 106 valence electrons. The van der Waals surface area contributed by atoms with Crippen molar-refractivity contribution in [2.75, 3.05) is 6.54 Å². The number of rotatable bonds is 4. The third-order valence-corrected chi connectivity index (χ3v) is 4.30. The van der Waals surface area contributed by atoms with Gasteiger partial charge in [0.2, 0.25) is 0 Å². The van der Waals surface area contributed by atoms with Gasteiger partial charge in [0, 0.05) is 23.0 Å². The first kappa shape index (κ1) is 14.8. The third kappa shape index (κ3) is 3.11. The highest BCUT2D eigenvalue weighted by atomic mass is 35.5. The summed E-state index contributed by atoms with van der Waals surface area (Å²) in [5, 5.41) is 4.07. The van der Waals surface area contributed by atoms with E-state index in [1.807, 2.05) is 6.07 Å². The van der Waals surface area contributed by atoms with Crippen molar-refractivity contribution in [2.24, 2.45) is 5.41 Å². The average Bonchev–Trinajstić information content (AvgIpc) is 2.23. The predicted molar refractivity (Wildman–Crippen MR) is 79.2 cm³/mol. The Kier molecular flexibility index (Phi) is 3.95. The second-order valence-corrected chi connectivity index (χ2v) is 7.37. The molecule has 1 fully saturated rings. The van der Waals surface area contributed by atoms with Gasteiger partial charge in [-0.3, -0.25) is 0 Å². The van der Waals surface area contributed by atoms with E-state index in [1.165, 1.54) is 12.1 Å². The van der Waals surface area contributed by atoms with Gasteiger partial charge >= 0.3 is 0 Å². The van der Waals surface area contributed by atoms with Crippen molar-refractivity contribution < 1.29 is 4.39 Å².